The van der Waals surface area contributed by atoms with E-state index in [0.717, 1.165) is 6.07 Å². The van der Waals surface area contributed by atoms with Crippen molar-refractivity contribution >= 4 is 33.2 Å². The highest BCUT2D eigenvalue weighted by Crippen LogP contribution is 2.33. The van der Waals surface area contributed by atoms with Gasteiger partial charge in [0.05, 0.1) is 21.5 Å². The Morgan fingerprint density at radius 3 is 2.44 bits per heavy atom. The van der Waals surface area contributed by atoms with Crippen LogP contribution in [0.25, 0.3) is 34.3 Å². The zero-order valence-corrected chi connectivity index (χ0v) is 17.0. The summed E-state index contributed by atoms with van der Waals surface area (Å²) < 4.78 is 76.6. The number of nitrogens with one attached hydrogen (secondary N) is 1. The first-order valence-electron chi connectivity index (χ1n) is 9.20. The smallest absolute Gasteiger partial charge is 0.338 e. The molecule has 0 aliphatic heterocycles. The number of alkyl halides is 3. The van der Waals surface area contributed by atoms with Crippen LogP contribution in [-0.4, -0.2) is 18.4 Å². The molecule has 0 atom stereocenters. The van der Waals surface area contributed by atoms with Gasteiger partial charge in [-0.05, 0) is 42.0 Å². The summed E-state index contributed by atoms with van der Waals surface area (Å²) >= 11 is 0. The van der Waals surface area contributed by atoms with E-state index in [0.29, 0.717) is 28.2 Å². The molecule has 0 saturated carbocycles. The minimum Gasteiger partial charge on any atom is -0.338 e. The van der Waals surface area contributed by atoms with E-state index in [-0.39, 0.29) is 16.3 Å². The normalized spacial score (nSPS) is 12.7. The van der Waals surface area contributed by atoms with E-state index in [1.807, 2.05) is 0 Å². The number of aromatic amines is 1. The fourth-order valence-electron chi connectivity index (χ4n) is 3.30. The molecule has 5 nitrogen and oxygen atoms in total. The fraction of sp³-hybridized carbons (Fsp3) is 0.0455. The number of rotatable bonds is 4. The predicted molar refractivity (Wildman–Crippen MR) is 113 cm³/mol. The molecule has 4 aromatic rings. The van der Waals surface area contributed by atoms with Gasteiger partial charge in [0.25, 0.3) is 0 Å². The van der Waals surface area contributed by atoms with Crippen LogP contribution in [0.3, 0.4) is 0 Å². The molecule has 10 heteroatoms. The minimum atomic E-state index is -4.79. The molecule has 0 radical (unpaired) electrons. The quantitative estimate of drug-likeness (QED) is 0.409. The Morgan fingerprint density at radius 2 is 1.72 bits per heavy atom. The summed E-state index contributed by atoms with van der Waals surface area (Å²) in [6.45, 7) is 0. The molecule has 0 spiro atoms. The van der Waals surface area contributed by atoms with E-state index >= 15 is 0 Å². The molecular weight excluding hydrogens is 446 g/mol. The molecular formula is C22H15F4N3O2S. The second-order valence-electron chi connectivity index (χ2n) is 6.94. The third kappa shape index (κ3) is 4.27. The van der Waals surface area contributed by atoms with Gasteiger partial charge < -0.3 is 4.98 Å². The number of nitrogens with zero attached hydrogens (tertiary/aromatic N) is 1. The van der Waals surface area contributed by atoms with Gasteiger partial charge in [-0.25, -0.2) is 22.9 Å². The summed E-state index contributed by atoms with van der Waals surface area (Å²) in [6, 6.07) is 14.3. The van der Waals surface area contributed by atoms with Crippen LogP contribution < -0.4 is 5.14 Å². The van der Waals surface area contributed by atoms with Crippen molar-refractivity contribution in [1.82, 2.24) is 9.97 Å². The molecule has 4 rings (SSSR count). The van der Waals surface area contributed by atoms with Crippen molar-refractivity contribution in [2.75, 3.05) is 0 Å². The molecule has 0 aliphatic rings. The maximum absolute atomic E-state index is 14.2. The van der Waals surface area contributed by atoms with Gasteiger partial charge in [0, 0.05) is 11.1 Å². The Labute approximate surface area is 180 Å². The number of imidazole rings is 1. The fourth-order valence-corrected chi connectivity index (χ4v) is 4.06. The van der Waals surface area contributed by atoms with Gasteiger partial charge in [-0.15, -0.1) is 0 Å². The summed E-state index contributed by atoms with van der Waals surface area (Å²) in [4.78, 5) is 7.25. The van der Waals surface area contributed by atoms with Gasteiger partial charge in [-0.1, -0.05) is 36.4 Å². The topological polar surface area (TPSA) is 88.8 Å². The number of hydrogen-bond acceptors (Lipinski definition) is 3. The average molecular weight is 461 g/mol. The van der Waals surface area contributed by atoms with Crippen molar-refractivity contribution in [1.29, 1.82) is 0 Å². The second kappa shape index (κ2) is 7.88. The number of halogens is 4. The first-order chi connectivity index (χ1) is 15.0. The summed E-state index contributed by atoms with van der Waals surface area (Å²) in [6.07, 6.45) is -2.24. The standard InChI is InChI=1S/C22H15F4N3O2S/c23-21-13(4-3-6-16(21)22(24,25)26)9-11-20-28-17-10-8-14(12-18(17)29-20)15-5-1-2-7-19(15)32(27,30)31/h1-12H,(H,28,29)(H2,27,30,31). The molecule has 164 valence electrons. The van der Waals surface area contributed by atoms with Crippen molar-refractivity contribution < 1.29 is 26.0 Å². The van der Waals surface area contributed by atoms with E-state index < -0.39 is 27.6 Å². The summed E-state index contributed by atoms with van der Waals surface area (Å²) in [5, 5.41) is 5.30. The maximum Gasteiger partial charge on any atom is 0.419 e. The molecule has 32 heavy (non-hydrogen) atoms. The Balaban J connectivity index is 1.70. The van der Waals surface area contributed by atoms with Gasteiger partial charge >= 0.3 is 6.18 Å². The third-order valence-corrected chi connectivity index (χ3v) is 5.73. The molecule has 1 heterocycles. The maximum atomic E-state index is 14.2. The SMILES string of the molecule is NS(=O)(=O)c1ccccc1-c1ccc2nc(C=Cc3cccc(C(F)(F)F)c3F)[nH]c2c1. The minimum absolute atomic E-state index is 0.0287. The average Bonchev–Trinajstić information content (AvgIpc) is 3.13. The first kappa shape index (κ1) is 21.7. The van der Waals surface area contributed by atoms with Crippen LogP contribution in [0.15, 0.2) is 65.6 Å². The lowest BCUT2D eigenvalue weighted by Crippen LogP contribution is -2.13. The van der Waals surface area contributed by atoms with E-state index in [4.69, 9.17) is 5.14 Å². The molecule has 3 aromatic carbocycles. The van der Waals surface area contributed by atoms with Crippen molar-refractivity contribution in [2.24, 2.45) is 5.14 Å². The highest BCUT2D eigenvalue weighted by Gasteiger charge is 2.34. The largest absolute Gasteiger partial charge is 0.419 e. The summed E-state index contributed by atoms with van der Waals surface area (Å²) in [7, 11) is -3.94. The lowest BCUT2D eigenvalue weighted by molar-refractivity contribution is -0.140. The van der Waals surface area contributed by atoms with Gasteiger partial charge in [-0.2, -0.15) is 13.2 Å². The Morgan fingerprint density at radius 1 is 0.969 bits per heavy atom. The first-order valence-corrected chi connectivity index (χ1v) is 10.7. The summed E-state index contributed by atoms with van der Waals surface area (Å²) in [5.41, 5.74) is 0.493. The van der Waals surface area contributed by atoms with E-state index in [9.17, 15) is 26.0 Å². The van der Waals surface area contributed by atoms with E-state index in [1.165, 1.54) is 24.3 Å². The zero-order valence-electron chi connectivity index (χ0n) is 16.2. The lowest BCUT2D eigenvalue weighted by atomic mass is 10.1. The monoisotopic (exact) mass is 461 g/mol. The highest BCUT2D eigenvalue weighted by atomic mass is 32.2. The van der Waals surface area contributed by atoms with Gasteiger partial charge in [0.2, 0.25) is 10.0 Å². The highest BCUT2D eigenvalue weighted by molar-refractivity contribution is 7.89. The number of sulfonamides is 1. The number of hydrogen-bond donors (Lipinski definition) is 2. The van der Waals surface area contributed by atoms with Crippen LogP contribution >= 0.6 is 0 Å². The van der Waals surface area contributed by atoms with E-state index in [2.05, 4.69) is 9.97 Å². The number of benzene rings is 3. The predicted octanol–water partition coefficient (Wildman–Crippen LogP) is 5.21. The molecule has 0 unspecified atom stereocenters. The van der Waals surface area contributed by atoms with Crippen molar-refractivity contribution in [2.45, 2.75) is 11.1 Å². The number of nitrogens with two attached hydrogens (primary N) is 1. The molecule has 0 fully saturated rings. The molecule has 3 N–H and O–H groups in total. The van der Waals surface area contributed by atoms with Crippen LogP contribution in [0.4, 0.5) is 17.6 Å². The lowest BCUT2D eigenvalue weighted by Gasteiger charge is -2.08. The second-order valence-corrected chi connectivity index (χ2v) is 8.46. The third-order valence-electron chi connectivity index (χ3n) is 4.76. The number of aromatic nitrogens is 2. The van der Waals surface area contributed by atoms with Crippen LogP contribution in [0, 0.1) is 5.82 Å². The molecule has 1 aromatic heterocycles. The van der Waals surface area contributed by atoms with Gasteiger partial charge in [-0.3, -0.25) is 0 Å². The Hall–Kier alpha value is -3.50. The van der Waals surface area contributed by atoms with Crippen LogP contribution in [0.2, 0.25) is 0 Å². The van der Waals surface area contributed by atoms with Crippen molar-refractivity contribution in [3.05, 3.63) is 83.4 Å². The Bertz CT molecular complexity index is 1460. The van der Waals surface area contributed by atoms with Crippen LogP contribution in [-0.2, 0) is 16.2 Å². The molecule has 0 amide bonds. The zero-order chi connectivity index (χ0) is 23.1. The molecule has 0 bridgehead atoms. The van der Waals surface area contributed by atoms with Crippen molar-refractivity contribution in [3.63, 3.8) is 0 Å². The number of primary sulfonamides is 1. The number of fused-ring (bicyclic) bond motifs is 1. The van der Waals surface area contributed by atoms with E-state index in [1.54, 1.807) is 36.4 Å². The number of H-pyrrole nitrogens is 1. The molecule has 0 aliphatic carbocycles. The molecule has 0 saturated heterocycles. The Kier molecular flexibility index (Phi) is 5.35. The van der Waals surface area contributed by atoms with Gasteiger partial charge in [0.15, 0.2) is 0 Å². The van der Waals surface area contributed by atoms with Crippen LogP contribution in [0.5, 0.6) is 0 Å². The van der Waals surface area contributed by atoms with Crippen molar-refractivity contribution in [3.8, 4) is 11.1 Å². The van der Waals surface area contributed by atoms with Gasteiger partial charge in [0.1, 0.15) is 11.6 Å². The van der Waals surface area contributed by atoms with Crippen LogP contribution in [0.1, 0.15) is 17.0 Å². The summed E-state index contributed by atoms with van der Waals surface area (Å²) in [5.74, 6) is -1.08.